The van der Waals surface area contributed by atoms with Crippen molar-refractivity contribution < 1.29 is 42.8 Å². The molecular weight excluding hydrogens is 783 g/mol. The maximum Gasteiger partial charge on any atom is 0.410 e. The van der Waals surface area contributed by atoms with Gasteiger partial charge < -0.3 is 44.6 Å². The Kier molecular flexibility index (Phi) is 15.0. The number of hydrogen-bond donors (Lipinski definition) is 3. The molecule has 2 unspecified atom stereocenters. The summed E-state index contributed by atoms with van der Waals surface area (Å²) in [7, 11) is 1.99. The van der Waals surface area contributed by atoms with Gasteiger partial charge in [0.15, 0.2) is 18.2 Å². The molecule has 3 aliphatic rings. The summed E-state index contributed by atoms with van der Waals surface area (Å²) in [6.07, 6.45) is 0.866. The summed E-state index contributed by atoms with van der Waals surface area (Å²) < 4.78 is 16.2. The zero-order valence-corrected chi connectivity index (χ0v) is 35.8. The Hall–Kier alpha value is -5.61. The van der Waals surface area contributed by atoms with Crippen LogP contribution < -0.4 is 16.0 Å². The number of likely N-dealkylation sites (N-methyl/N-ethyl adjacent to an activating group) is 1. The maximum absolute atomic E-state index is 14.3. The summed E-state index contributed by atoms with van der Waals surface area (Å²) >= 11 is 0. The predicted molar refractivity (Wildman–Crippen MR) is 224 cm³/mol. The Bertz CT molecular complexity index is 2000. The molecule has 61 heavy (non-hydrogen) atoms. The summed E-state index contributed by atoms with van der Waals surface area (Å²) in [5.74, 6) is -1.76. The number of amides is 5. The highest BCUT2D eigenvalue weighted by atomic mass is 16.6. The zero-order valence-electron chi connectivity index (χ0n) is 35.8. The highest BCUT2D eigenvalue weighted by molar-refractivity contribution is 5.99. The van der Waals surface area contributed by atoms with E-state index in [4.69, 9.17) is 14.0 Å². The smallest absolute Gasteiger partial charge is 0.410 e. The first-order valence-electron chi connectivity index (χ1n) is 21.2. The van der Waals surface area contributed by atoms with Crippen LogP contribution in [-0.4, -0.2) is 131 Å². The van der Waals surface area contributed by atoms with Crippen molar-refractivity contribution in [2.75, 3.05) is 39.8 Å². The van der Waals surface area contributed by atoms with Gasteiger partial charge in [-0.25, -0.2) is 4.79 Å². The number of aromatic nitrogens is 1. The van der Waals surface area contributed by atoms with E-state index in [1.807, 2.05) is 88.5 Å². The van der Waals surface area contributed by atoms with E-state index >= 15 is 0 Å². The van der Waals surface area contributed by atoms with Crippen LogP contribution in [0.25, 0.3) is 0 Å². The minimum Gasteiger partial charge on any atom is -0.441 e. The summed E-state index contributed by atoms with van der Waals surface area (Å²) in [5, 5.41) is 12.7. The molecule has 2 aromatic carbocycles. The first-order chi connectivity index (χ1) is 29.2. The molecule has 0 saturated carbocycles. The zero-order chi connectivity index (χ0) is 43.7. The number of rotatable bonds is 19. The SMILES string of the molecule is CC(C)C[C@H](NC(=O)[C@H](Cc1ccccc1)N1C(=O)[C@@H](NC(=O)[C@H](CCc2ccccc2)NC(=O)Cc2cc(COC(=O)N3CCN(C)CC3)on2)CC1C)C(=O)C1(C)CO1. The molecule has 3 saturated heterocycles. The van der Waals surface area contributed by atoms with Crippen LogP contribution in [0, 0.1) is 5.92 Å². The van der Waals surface area contributed by atoms with Crippen molar-refractivity contribution in [2.24, 2.45) is 5.92 Å². The van der Waals surface area contributed by atoms with E-state index in [2.05, 4.69) is 26.0 Å². The van der Waals surface area contributed by atoms with E-state index in [1.54, 1.807) is 11.8 Å². The quantitative estimate of drug-likeness (QED) is 0.150. The fourth-order valence-electron chi connectivity index (χ4n) is 7.91. The number of ketones is 1. The molecule has 16 heteroatoms. The number of piperazine rings is 1. The number of hydrogen-bond acceptors (Lipinski definition) is 11. The van der Waals surface area contributed by atoms with Crippen molar-refractivity contribution in [3.05, 3.63) is 89.3 Å². The topological polar surface area (TPSA) is 196 Å². The lowest BCUT2D eigenvalue weighted by Crippen LogP contribution is -2.57. The molecule has 3 aliphatic heterocycles. The number of benzene rings is 2. The van der Waals surface area contributed by atoms with E-state index in [0.717, 1.165) is 24.2 Å². The molecule has 0 spiro atoms. The first-order valence-corrected chi connectivity index (χ1v) is 21.2. The van der Waals surface area contributed by atoms with Crippen LogP contribution in [0.5, 0.6) is 0 Å². The number of ether oxygens (including phenoxy) is 2. The van der Waals surface area contributed by atoms with Gasteiger partial charge in [-0.2, -0.15) is 0 Å². The number of nitrogens with one attached hydrogen (secondary N) is 3. The van der Waals surface area contributed by atoms with Gasteiger partial charge in [-0.3, -0.25) is 24.0 Å². The number of nitrogens with zero attached hydrogens (tertiary/aromatic N) is 4. The minimum atomic E-state index is -1.02. The normalized spacial score (nSPS) is 21.7. The summed E-state index contributed by atoms with van der Waals surface area (Å²) in [6.45, 7) is 10.3. The van der Waals surface area contributed by atoms with E-state index in [9.17, 15) is 28.8 Å². The van der Waals surface area contributed by atoms with Gasteiger partial charge in [-0.15, -0.1) is 0 Å². The van der Waals surface area contributed by atoms with Gasteiger partial charge in [0.1, 0.15) is 23.7 Å². The molecule has 0 radical (unpaired) electrons. The maximum atomic E-state index is 14.3. The summed E-state index contributed by atoms with van der Waals surface area (Å²) in [4.78, 5) is 87.4. The van der Waals surface area contributed by atoms with Gasteiger partial charge in [0.25, 0.3) is 0 Å². The lowest BCUT2D eigenvalue weighted by Gasteiger charge is -2.33. The number of Topliss-reactive ketones (excluding diaryl/α,β-unsaturated/α-hetero) is 1. The van der Waals surface area contributed by atoms with Crippen molar-refractivity contribution in [1.29, 1.82) is 0 Å². The predicted octanol–water partition coefficient (Wildman–Crippen LogP) is 2.82. The van der Waals surface area contributed by atoms with Crippen LogP contribution in [0.2, 0.25) is 0 Å². The Morgan fingerprint density at radius 1 is 0.918 bits per heavy atom. The van der Waals surface area contributed by atoms with E-state index in [1.165, 1.54) is 11.0 Å². The largest absolute Gasteiger partial charge is 0.441 e. The Morgan fingerprint density at radius 2 is 1.57 bits per heavy atom. The molecule has 0 bridgehead atoms. The summed E-state index contributed by atoms with van der Waals surface area (Å²) in [5.41, 5.74) is 1.14. The second kappa shape index (κ2) is 20.3. The highest BCUT2D eigenvalue weighted by Gasteiger charge is 2.51. The van der Waals surface area contributed by atoms with Crippen molar-refractivity contribution in [3.8, 4) is 0 Å². The third-order valence-electron chi connectivity index (χ3n) is 11.5. The average molecular weight is 842 g/mol. The molecule has 3 aromatic rings. The van der Waals surface area contributed by atoms with Crippen LogP contribution in [0.4, 0.5) is 4.79 Å². The van der Waals surface area contributed by atoms with Crippen LogP contribution in [0.1, 0.15) is 69.5 Å². The second-order valence-corrected chi connectivity index (χ2v) is 17.1. The van der Waals surface area contributed by atoms with Crippen molar-refractivity contribution in [1.82, 2.24) is 35.8 Å². The Balaban J connectivity index is 1.12. The fraction of sp³-hybridized carbons (Fsp3) is 0.533. The molecule has 4 heterocycles. The van der Waals surface area contributed by atoms with Gasteiger partial charge in [0.2, 0.25) is 23.6 Å². The third kappa shape index (κ3) is 12.3. The number of epoxide rings is 1. The monoisotopic (exact) mass is 841 g/mol. The summed E-state index contributed by atoms with van der Waals surface area (Å²) in [6, 6.07) is 16.2. The lowest BCUT2D eigenvalue weighted by atomic mass is 9.92. The fourth-order valence-corrected chi connectivity index (χ4v) is 7.91. The van der Waals surface area contributed by atoms with Crippen LogP contribution in [-0.2, 0) is 59.3 Å². The molecular formula is C45H59N7O9. The molecule has 3 N–H and O–H groups in total. The number of carbonyl (C=O) groups excluding carboxylic acids is 6. The van der Waals surface area contributed by atoms with Crippen LogP contribution in [0.15, 0.2) is 71.3 Å². The first kappa shape index (κ1) is 44.9. The average Bonchev–Trinajstić information content (AvgIpc) is 3.73. The van der Waals surface area contributed by atoms with Crippen molar-refractivity contribution in [3.63, 3.8) is 0 Å². The van der Waals surface area contributed by atoms with Gasteiger partial charge in [0.05, 0.1) is 24.8 Å². The van der Waals surface area contributed by atoms with E-state index < -0.39 is 65.5 Å². The molecule has 1 aromatic heterocycles. The lowest BCUT2D eigenvalue weighted by molar-refractivity contribution is -0.142. The molecule has 0 aliphatic carbocycles. The third-order valence-corrected chi connectivity index (χ3v) is 11.5. The number of aryl methyl sites for hydroxylation is 1. The van der Waals surface area contributed by atoms with Gasteiger partial charge >= 0.3 is 6.09 Å². The number of carbonyl (C=O) groups is 6. The van der Waals surface area contributed by atoms with Crippen LogP contribution >= 0.6 is 0 Å². The molecule has 3 fully saturated rings. The molecule has 5 amide bonds. The Morgan fingerprint density at radius 3 is 2.21 bits per heavy atom. The highest BCUT2D eigenvalue weighted by Crippen LogP contribution is 2.30. The van der Waals surface area contributed by atoms with Crippen LogP contribution in [0.3, 0.4) is 0 Å². The van der Waals surface area contributed by atoms with Crippen molar-refractivity contribution >= 4 is 35.5 Å². The molecule has 328 valence electrons. The van der Waals surface area contributed by atoms with E-state index in [-0.39, 0.29) is 56.4 Å². The van der Waals surface area contributed by atoms with Gasteiger partial charge in [-0.05, 0) is 63.6 Å². The Labute approximate surface area is 357 Å². The molecule has 6 rings (SSSR count). The van der Waals surface area contributed by atoms with E-state index in [0.29, 0.717) is 31.6 Å². The number of likely N-dealkylation sites (tertiary alicyclic amines) is 1. The molecule has 16 nitrogen and oxygen atoms in total. The van der Waals surface area contributed by atoms with Gasteiger partial charge in [0, 0.05) is 44.7 Å². The van der Waals surface area contributed by atoms with Crippen molar-refractivity contribution in [2.45, 2.75) is 109 Å². The molecule has 6 atom stereocenters. The second-order valence-electron chi connectivity index (χ2n) is 17.1. The standard InChI is InChI=1S/C45H59N7O9/c1-29(2)22-36(40(54)45(4)28-60-45)47-42(56)38(24-32-14-10-7-11-15-32)52-30(3)23-37(43(52)57)48-41(55)35(17-16-31-12-8-6-9-13-31)46-39(53)26-33-25-34(61-49-33)27-59-44(58)51-20-18-50(5)19-21-51/h6-15,25,29-30,35-38H,16-24,26-28H2,1-5H3,(H,46,53)(H,47,56)(H,48,55)/t30?,35-,36-,37-,38-,45?/m0/s1. The van der Waals surface area contributed by atoms with Gasteiger partial charge in [-0.1, -0.05) is 79.7 Å². The minimum absolute atomic E-state index is 0.101.